The minimum Gasteiger partial charge on any atom is -0.496 e. The first kappa shape index (κ1) is 20.1. The number of aliphatic hydroxyl groups is 1. The third-order valence-corrected chi connectivity index (χ3v) is 6.62. The molecule has 0 amide bonds. The second-order valence-corrected chi connectivity index (χ2v) is 8.80. The number of nitrogens with zero attached hydrogens (tertiary/aromatic N) is 4. The van der Waals surface area contributed by atoms with Gasteiger partial charge < -0.3 is 20.5 Å². The number of anilines is 1. The van der Waals surface area contributed by atoms with Crippen LogP contribution in [0, 0.1) is 5.82 Å². The van der Waals surface area contributed by atoms with E-state index < -0.39 is 5.60 Å². The van der Waals surface area contributed by atoms with Gasteiger partial charge in [-0.2, -0.15) is 0 Å². The maximum atomic E-state index is 14.4. The predicted octanol–water partition coefficient (Wildman–Crippen LogP) is 3.02. The molecule has 7 nitrogen and oxygen atoms in total. The van der Waals surface area contributed by atoms with Crippen molar-refractivity contribution in [2.75, 3.05) is 31.6 Å². The Labute approximate surface area is 172 Å². The van der Waals surface area contributed by atoms with Crippen molar-refractivity contribution in [1.29, 1.82) is 0 Å². The number of hydrogen-bond donors (Lipinski definition) is 2. The van der Waals surface area contributed by atoms with E-state index in [0.29, 0.717) is 37.2 Å². The molecule has 2 aromatic heterocycles. The summed E-state index contributed by atoms with van der Waals surface area (Å²) >= 11 is 1.49. The number of aromatic nitrogens is 3. The maximum Gasteiger partial charge on any atom is 0.214 e. The Morgan fingerprint density at radius 3 is 2.69 bits per heavy atom. The van der Waals surface area contributed by atoms with Crippen molar-refractivity contribution in [3.8, 4) is 17.0 Å². The van der Waals surface area contributed by atoms with E-state index in [2.05, 4.69) is 9.88 Å². The number of rotatable bonds is 5. The van der Waals surface area contributed by atoms with Gasteiger partial charge in [0.2, 0.25) is 10.1 Å². The molecule has 4 rings (SSSR count). The van der Waals surface area contributed by atoms with Crippen LogP contribution in [-0.4, -0.2) is 52.0 Å². The highest BCUT2D eigenvalue weighted by atomic mass is 32.1. The highest BCUT2D eigenvalue weighted by Crippen LogP contribution is 2.37. The summed E-state index contributed by atoms with van der Waals surface area (Å²) < 4.78 is 21.6. The number of hydrogen-bond acceptors (Lipinski definition) is 7. The third-order valence-electron chi connectivity index (χ3n) is 5.64. The Kier molecular flexibility index (Phi) is 5.22. The first-order chi connectivity index (χ1) is 13.8. The SMILES string of the molecule is COc1cc(F)c(C(C)C)cc1-c1cnc2sc(N3CCC(O)(CN)CC3)nn12. The summed E-state index contributed by atoms with van der Waals surface area (Å²) in [6, 6.07) is 3.25. The number of imidazole rings is 1. The molecule has 3 aromatic rings. The zero-order valence-electron chi connectivity index (χ0n) is 16.9. The van der Waals surface area contributed by atoms with Crippen molar-refractivity contribution in [3.05, 3.63) is 29.7 Å². The smallest absolute Gasteiger partial charge is 0.214 e. The van der Waals surface area contributed by atoms with E-state index in [0.717, 1.165) is 21.3 Å². The van der Waals surface area contributed by atoms with Gasteiger partial charge in [-0.05, 0) is 30.4 Å². The van der Waals surface area contributed by atoms with Crippen molar-refractivity contribution < 1.29 is 14.2 Å². The summed E-state index contributed by atoms with van der Waals surface area (Å²) in [7, 11) is 1.53. The average molecular weight is 420 g/mol. The number of nitrogens with two attached hydrogens (primary N) is 1. The van der Waals surface area contributed by atoms with Gasteiger partial charge in [0.15, 0.2) is 0 Å². The van der Waals surface area contributed by atoms with E-state index in [9.17, 15) is 9.50 Å². The third kappa shape index (κ3) is 3.58. The van der Waals surface area contributed by atoms with Gasteiger partial charge in [0.1, 0.15) is 11.6 Å². The van der Waals surface area contributed by atoms with Gasteiger partial charge in [-0.25, -0.2) is 13.9 Å². The summed E-state index contributed by atoms with van der Waals surface area (Å²) in [5.41, 5.74) is 7.05. The van der Waals surface area contributed by atoms with E-state index in [1.165, 1.54) is 24.5 Å². The Balaban J connectivity index is 1.71. The molecule has 29 heavy (non-hydrogen) atoms. The van der Waals surface area contributed by atoms with Crippen LogP contribution in [-0.2, 0) is 0 Å². The molecule has 1 aromatic carbocycles. The van der Waals surface area contributed by atoms with Crippen molar-refractivity contribution in [2.45, 2.75) is 38.2 Å². The summed E-state index contributed by atoms with van der Waals surface area (Å²) in [4.78, 5) is 7.41. The molecule has 0 spiro atoms. The van der Waals surface area contributed by atoms with Gasteiger partial charge >= 0.3 is 0 Å². The lowest BCUT2D eigenvalue weighted by atomic mass is 9.92. The molecule has 3 heterocycles. The quantitative estimate of drug-likeness (QED) is 0.661. The summed E-state index contributed by atoms with van der Waals surface area (Å²) in [5, 5.41) is 16.0. The van der Waals surface area contributed by atoms with Gasteiger partial charge in [0.05, 0.1) is 24.6 Å². The molecule has 0 atom stereocenters. The summed E-state index contributed by atoms with van der Waals surface area (Å²) in [5.74, 6) is 0.221. The van der Waals surface area contributed by atoms with Gasteiger partial charge in [-0.1, -0.05) is 25.2 Å². The lowest BCUT2D eigenvalue weighted by Crippen LogP contribution is -2.48. The fourth-order valence-electron chi connectivity index (χ4n) is 3.70. The van der Waals surface area contributed by atoms with E-state index in [1.54, 1.807) is 10.7 Å². The topological polar surface area (TPSA) is 88.9 Å². The number of ether oxygens (including phenoxy) is 1. The fourth-order valence-corrected chi connectivity index (χ4v) is 4.62. The van der Waals surface area contributed by atoms with Gasteiger partial charge in [0, 0.05) is 31.3 Å². The van der Waals surface area contributed by atoms with Gasteiger partial charge in [-0.3, -0.25) is 0 Å². The normalized spacial score (nSPS) is 16.7. The van der Waals surface area contributed by atoms with Crippen LogP contribution in [0.3, 0.4) is 0 Å². The van der Waals surface area contributed by atoms with Crippen molar-refractivity contribution >= 4 is 21.4 Å². The van der Waals surface area contributed by atoms with E-state index in [-0.39, 0.29) is 18.3 Å². The molecule has 1 aliphatic heterocycles. The van der Waals surface area contributed by atoms with E-state index in [4.69, 9.17) is 15.6 Å². The van der Waals surface area contributed by atoms with Gasteiger partial charge in [0.25, 0.3) is 0 Å². The minimum atomic E-state index is -0.784. The molecule has 0 saturated carbocycles. The Morgan fingerprint density at radius 2 is 2.07 bits per heavy atom. The van der Waals surface area contributed by atoms with Crippen LogP contribution in [0.5, 0.6) is 5.75 Å². The predicted molar refractivity (Wildman–Crippen MR) is 112 cm³/mol. The Hall–Kier alpha value is -2.23. The number of halogens is 1. The fraction of sp³-hybridized carbons (Fsp3) is 0.500. The van der Waals surface area contributed by atoms with Crippen LogP contribution >= 0.6 is 11.3 Å². The standard InChI is InChI=1S/C20H26FN5O2S/c1-12(2)13-8-14(17(28-3)9-15(13)21)16-10-23-18-26(16)24-19(29-18)25-6-4-20(27,11-22)5-7-25/h8-10,12,27H,4-7,11,22H2,1-3H3. The first-order valence-electron chi connectivity index (χ1n) is 9.75. The number of piperidine rings is 1. The van der Waals surface area contributed by atoms with Crippen molar-refractivity contribution in [2.24, 2.45) is 5.73 Å². The average Bonchev–Trinajstić information content (AvgIpc) is 3.29. The highest BCUT2D eigenvalue weighted by molar-refractivity contribution is 7.20. The molecule has 156 valence electrons. The largest absolute Gasteiger partial charge is 0.496 e. The monoisotopic (exact) mass is 419 g/mol. The van der Waals surface area contributed by atoms with Crippen LogP contribution in [0.1, 0.15) is 38.2 Å². The zero-order chi connectivity index (χ0) is 20.8. The summed E-state index contributed by atoms with van der Waals surface area (Å²) in [6.07, 6.45) is 2.97. The van der Waals surface area contributed by atoms with Crippen LogP contribution in [0.25, 0.3) is 16.2 Å². The van der Waals surface area contributed by atoms with E-state index >= 15 is 0 Å². The molecular formula is C20H26FN5O2S. The van der Waals surface area contributed by atoms with Crippen LogP contribution < -0.4 is 15.4 Å². The molecular weight excluding hydrogens is 393 g/mol. The lowest BCUT2D eigenvalue weighted by molar-refractivity contribution is 0.0249. The highest BCUT2D eigenvalue weighted by Gasteiger charge is 2.32. The zero-order valence-corrected chi connectivity index (χ0v) is 17.7. The first-order valence-corrected chi connectivity index (χ1v) is 10.6. The van der Waals surface area contributed by atoms with E-state index in [1.807, 2.05) is 19.9 Å². The Morgan fingerprint density at radius 1 is 1.34 bits per heavy atom. The molecule has 3 N–H and O–H groups in total. The molecule has 9 heteroatoms. The van der Waals surface area contributed by atoms with Crippen molar-refractivity contribution in [3.63, 3.8) is 0 Å². The number of methoxy groups -OCH3 is 1. The number of fused-ring (bicyclic) bond motifs is 1. The van der Waals surface area contributed by atoms with Crippen LogP contribution in [0.4, 0.5) is 9.52 Å². The molecule has 0 aliphatic carbocycles. The second-order valence-electron chi connectivity index (χ2n) is 7.87. The molecule has 1 saturated heterocycles. The second kappa shape index (κ2) is 7.55. The molecule has 1 aliphatic rings. The molecule has 0 radical (unpaired) electrons. The van der Waals surface area contributed by atoms with Crippen LogP contribution in [0.2, 0.25) is 0 Å². The maximum absolute atomic E-state index is 14.4. The lowest BCUT2D eigenvalue weighted by Gasteiger charge is -2.37. The minimum absolute atomic E-state index is 0.0451. The molecule has 0 bridgehead atoms. The number of benzene rings is 1. The van der Waals surface area contributed by atoms with Crippen LogP contribution in [0.15, 0.2) is 18.3 Å². The van der Waals surface area contributed by atoms with Gasteiger partial charge in [-0.15, -0.1) is 5.10 Å². The van der Waals surface area contributed by atoms with Crippen molar-refractivity contribution in [1.82, 2.24) is 14.6 Å². The molecule has 1 fully saturated rings. The molecule has 0 unspecified atom stereocenters. The summed E-state index contributed by atoms with van der Waals surface area (Å²) in [6.45, 7) is 5.57. The Bertz CT molecular complexity index is 1020.